The first kappa shape index (κ1) is 15.9. The van der Waals surface area contributed by atoms with Crippen LogP contribution in [0.4, 0.5) is 5.69 Å². The van der Waals surface area contributed by atoms with Crippen LogP contribution in [0.3, 0.4) is 0 Å². The molecular formula is C19H20N4O. The molecule has 3 aromatic rings. The van der Waals surface area contributed by atoms with Crippen LogP contribution in [0.25, 0.3) is 16.6 Å². The molecule has 0 unspecified atom stereocenters. The zero-order valence-corrected chi connectivity index (χ0v) is 13.6. The smallest absolute Gasteiger partial charge is 0.265 e. The summed E-state index contributed by atoms with van der Waals surface area (Å²) in [5.74, 6) is 0.737. The highest BCUT2D eigenvalue weighted by atomic mass is 16.1. The van der Waals surface area contributed by atoms with E-state index in [1.807, 2.05) is 18.2 Å². The van der Waals surface area contributed by atoms with Crippen LogP contribution < -0.4 is 11.3 Å². The molecule has 0 aliphatic carbocycles. The summed E-state index contributed by atoms with van der Waals surface area (Å²) in [5.41, 5.74) is 8.30. The fourth-order valence-corrected chi connectivity index (χ4v) is 2.77. The minimum absolute atomic E-state index is 0.0904. The summed E-state index contributed by atoms with van der Waals surface area (Å²) in [6.45, 7) is 2.11. The summed E-state index contributed by atoms with van der Waals surface area (Å²) in [6, 6.07) is 12.7. The zero-order chi connectivity index (χ0) is 17.1. The second-order valence-electron chi connectivity index (χ2n) is 5.75. The molecule has 0 bridgehead atoms. The van der Waals surface area contributed by atoms with Crippen molar-refractivity contribution in [3.8, 4) is 5.69 Å². The van der Waals surface area contributed by atoms with Crippen LogP contribution in [0, 0.1) is 5.41 Å². The number of nitrogens with zero attached hydrogens (tertiary/aromatic N) is 2. The molecule has 5 heteroatoms. The Balaban J connectivity index is 2.30. The summed E-state index contributed by atoms with van der Waals surface area (Å²) < 4.78 is 1.64. The number of nitrogen functional groups attached to an aromatic ring is 1. The highest BCUT2D eigenvalue weighted by Crippen LogP contribution is 2.18. The maximum absolute atomic E-state index is 13.0. The Bertz CT molecular complexity index is 959. The largest absolute Gasteiger partial charge is 0.398 e. The predicted octanol–water partition coefficient (Wildman–Crippen LogP) is 3.31. The van der Waals surface area contributed by atoms with Crippen LogP contribution in [0.2, 0.25) is 0 Å². The van der Waals surface area contributed by atoms with Gasteiger partial charge in [0.25, 0.3) is 5.56 Å². The first-order valence-electron chi connectivity index (χ1n) is 8.06. The Morgan fingerprint density at radius 3 is 2.79 bits per heavy atom. The average molecular weight is 320 g/mol. The van der Waals surface area contributed by atoms with E-state index in [-0.39, 0.29) is 5.56 Å². The van der Waals surface area contributed by atoms with Crippen molar-refractivity contribution in [2.24, 2.45) is 0 Å². The number of unbranched alkanes of at least 4 members (excludes halogenated alkanes) is 1. The van der Waals surface area contributed by atoms with Gasteiger partial charge in [-0.1, -0.05) is 25.5 Å². The van der Waals surface area contributed by atoms with E-state index in [9.17, 15) is 4.79 Å². The van der Waals surface area contributed by atoms with Gasteiger partial charge in [-0.2, -0.15) is 0 Å². The van der Waals surface area contributed by atoms with Gasteiger partial charge < -0.3 is 11.1 Å². The molecule has 0 saturated carbocycles. The lowest BCUT2D eigenvalue weighted by atomic mass is 10.1. The highest BCUT2D eigenvalue weighted by Gasteiger charge is 2.13. The van der Waals surface area contributed by atoms with Gasteiger partial charge in [0, 0.05) is 23.9 Å². The van der Waals surface area contributed by atoms with Crippen LogP contribution in [0.15, 0.2) is 47.3 Å². The number of benzene rings is 2. The van der Waals surface area contributed by atoms with Gasteiger partial charge in [0.15, 0.2) is 0 Å². The number of aromatic nitrogens is 2. The third kappa shape index (κ3) is 2.80. The lowest BCUT2D eigenvalue weighted by Crippen LogP contribution is -2.24. The summed E-state index contributed by atoms with van der Waals surface area (Å²) in [4.78, 5) is 17.7. The fourth-order valence-electron chi connectivity index (χ4n) is 2.77. The number of nitrogens with one attached hydrogen (secondary N) is 1. The second-order valence-corrected chi connectivity index (χ2v) is 5.75. The number of hydrogen-bond donors (Lipinski definition) is 2. The van der Waals surface area contributed by atoms with Gasteiger partial charge in [-0.25, -0.2) is 4.98 Å². The molecule has 0 atom stereocenters. The number of aryl methyl sites for hydroxylation is 1. The number of hydrogen-bond acceptors (Lipinski definition) is 4. The molecule has 5 nitrogen and oxygen atoms in total. The van der Waals surface area contributed by atoms with Crippen molar-refractivity contribution in [1.29, 1.82) is 5.41 Å². The van der Waals surface area contributed by atoms with E-state index >= 15 is 0 Å². The van der Waals surface area contributed by atoms with E-state index in [0.29, 0.717) is 27.8 Å². The summed E-state index contributed by atoms with van der Waals surface area (Å²) in [7, 11) is 0. The molecule has 2 aromatic carbocycles. The molecule has 0 aliphatic heterocycles. The molecule has 0 radical (unpaired) electrons. The van der Waals surface area contributed by atoms with Crippen molar-refractivity contribution in [2.45, 2.75) is 26.2 Å². The van der Waals surface area contributed by atoms with E-state index in [2.05, 4.69) is 6.92 Å². The molecule has 3 N–H and O–H groups in total. The fraction of sp³-hybridized carbons (Fsp3) is 0.211. The Hall–Kier alpha value is -2.95. The standard InChI is InChI=1S/C19H20N4O/c1-2-3-8-18-22-17-7-5-4-6-15(17)19(24)23(18)14-9-10-16(21)13(11-14)12-20/h4-7,9-12,20H,2-3,8,21H2,1H3. The first-order valence-corrected chi connectivity index (χ1v) is 8.06. The molecule has 3 rings (SSSR count). The lowest BCUT2D eigenvalue weighted by molar-refractivity contribution is 0.720. The van der Waals surface area contributed by atoms with E-state index in [1.165, 1.54) is 6.21 Å². The predicted molar refractivity (Wildman–Crippen MR) is 98.3 cm³/mol. The zero-order valence-electron chi connectivity index (χ0n) is 13.6. The Kier molecular flexibility index (Phi) is 4.42. The van der Waals surface area contributed by atoms with E-state index in [1.54, 1.807) is 28.8 Å². The molecule has 24 heavy (non-hydrogen) atoms. The molecular weight excluding hydrogens is 300 g/mol. The summed E-state index contributed by atoms with van der Waals surface area (Å²) >= 11 is 0. The number of nitrogens with two attached hydrogens (primary N) is 1. The topological polar surface area (TPSA) is 84.8 Å². The third-order valence-electron chi connectivity index (χ3n) is 4.08. The van der Waals surface area contributed by atoms with Gasteiger partial charge in [-0.05, 0) is 36.8 Å². The maximum Gasteiger partial charge on any atom is 0.265 e. The number of rotatable bonds is 5. The number of anilines is 1. The van der Waals surface area contributed by atoms with Gasteiger partial charge in [0.2, 0.25) is 0 Å². The van der Waals surface area contributed by atoms with Crippen molar-refractivity contribution < 1.29 is 0 Å². The van der Waals surface area contributed by atoms with E-state index < -0.39 is 0 Å². The quantitative estimate of drug-likeness (QED) is 0.558. The third-order valence-corrected chi connectivity index (χ3v) is 4.08. The Morgan fingerprint density at radius 2 is 2.04 bits per heavy atom. The van der Waals surface area contributed by atoms with Crippen molar-refractivity contribution in [2.75, 3.05) is 5.73 Å². The summed E-state index contributed by atoms with van der Waals surface area (Å²) in [6.07, 6.45) is 3.90. The lowest BCUT2D eigenvalue weighted by Gasteiger charge is -2.14. The molecule has 0 amide bonds. The first-order chi connectivity index (χ1) is 11.7. The number of para-hydroxylation sites is 1. The second kappa shape index (κ2) is 6.66. The van der Waals surface area contributed by atoms with Gasteiger partial charge in [-0.15, -0.1) is 0 Å². The van der Waals surface area contributed by atoms with Crippen LogP contribution in [0.1, 0.15) is 31.2 Å². The van der Waals surface area contributed by atoms with Crippen molar-refractivity contribution in [3.05, 3.63) is 64.2 Å². The Labute approximate surface area is 140 Å². The normalized spacial score (nSPS) is 10.9. The van der Waals surface area contributed by atoms with Crippen molar-refractivity contribution >= 4 is 22.8 Å². The average Bonchev–Trinajstić information content (AvgIpc) is 2.61. The number of fused-ring (bicyclic) bond motifs is 1. The van der Waals surface area contributed by atoms with Crippen molar-refractivity contribution in [1.82, 2.24) is 9.55 Å². The van der Waals surface area contributed by atoms with Crippen LogP contribution in [-0.4, -0.2) is 15.8 Å². The van der Waals surface area contributed by atoms with Crippen LogP contribution in [0.5, 0.6) is 0 Å². The van der Waals surface area contributed by atoms with Gasteiger partial charge >= 0.3 is 0 Å². The maximum atomic E-state index is 13.0. The molecule has 0 saturated heterocycles. The monoisotopic (exact) mass is 320 g/mol. The van der Waals surface area contributed by atoms with Gasteiger partial charge in [-0.3, -0.25) is 9.36 Å². The highest BCUT2D eigenvalue weighted by molar-refractivity contribution is 5.86. The molecule has 0 aliphatic rings. The summed E-state index contributed by atoms with van der Waals surface area (Å²) in [5, 5.41) is 8.07. The van der Waals surface area contributed by atoms with Crippen molar-refractivity contribution in [3.63, 3.8) is 0 Å². The molecule has 0 spiro atoms. The minimum atomic E-state index is -0.0904. The van der Waals surface area contributed by atoms with E-state index in [4.69, 9.17) is 16.1 Å². The van der Waals surface area contributed by atoms with Gasteiger partial charge in [0.05, 0.1) is 16.6 Å². The van der Waals surface area contributed by atoms with Crippen LogP contribution >= 0.6 is 0 Å². The Morgan fingerprint density at radius 1 is 1.25 bits per heavy atom. The van der Waals surface area contributed by atoms with Crippen LogP contribution in [-0.2, 0) is 6.42 Å². The molecule has 1 aromatic heterocycles. The minimum Gasteiger partial charge on any atom is -0.398 e. The molecule has 122 valence electrons. The van der Waals surface area contributed by atoms with Gasteiger partial charge in [0.1, 0.15) is 5.82 Å². The molecule has 1 heterocycles. The van der Waals surface area contributed by atoms with E-state index in [0.717, 1.165) is 25.1 Å². The SMILES string of the molecule is CCCCc1nc2ccccc2c(=O)n1-c1ccc(N)c(C=N)c1. The molecule has 0 fully saturated rings.